The van der Waals surface area contributed by atoms with Gasteiger partial charge in [-0.2, -0.15) is 0 Å². The van der Waals surface area contributed by atoms with Crippen LogP contribution in [-0.4, -0.2) is 18.2 Å². The molecule has 0 saturated carbocycles. The van der Waals surface area contributed by atoms with E-state index in [2.05, 4.69) is 21.2 Å². The molecule has 0 spiro atoms. The molecule has 4 nitrogen and oxygen atoms in total. The number of amides is 1. The Balaban J connectivity index is 1.99. The molecule has 3 rings (SSSR count). The molecule has 1 aromatic carbocycles. The lowest BCUT2D eigenvalue weighted by Crippen LogP contribution is -2.22. The van der Waals surface area contributed by atoms with Crippen LogP contribution in [-0.2, 0) is 6.42 Å². The minimum absolute atomic E-state index is 0.118. The summed E-state index contributed by atoms with van der Waals surface area (Å²) in [5, 5.41) is 2.83. The summed E-state index contributed by atoms with van der Waals surface area (Å²) in [5.41, 5.74) is 2.03. The van der Waals surface area contributed by atoms with Crippen molar-refractivity contribution in [1.82, 2.24) is 5.32 Å². The first-order valence-electron chi connectivity index (χ1n) is 6.36. The first-order valence-corrected chi connectivity index (χ1v) is 7.15. The van der Waals surface area contributed by atoms with Gasteiger partial charge in [-0.25, -0.2) is 0 Å². The van der Waals surface area contributed by atoms with Gasteiger partial charge in [0.15, 0.2) is 10.4 Å². The Kier molecular flexibility index (Phi) is 3.44. The van der Waals surface area contributed by atoms with Crippen molar-refractivity contribution in [3.05, 3.63) is 57.5 Å². The lowest BCUT2D eigenvalue weighted by atomic mass is 9.98. The molecule has 1 amide bonds. The smallest absolute Gasteiger partial charge is 0.251 e. The number of carbonyl (C=O) groups is 2. The molecule has 0 saturated heterocycles. The molecule has 0 aliphatic carbocycles. The first kappa shape index (κ1) is 13.1. The maximum Gasteiger partial charge on any atom is 0.251 e. The highest BCUT2D eigenvalue weighted by Crippen LogP contribution is 2.21. The molecular formula is C15H12BrNO3. The van der Waals surface area contributed by atoms with Crippen molar-refractivity contribution < 1.29 is 14.0 Å². The quantitative estimate of drug-likeness (QED) is 0.859. The summed E-state index contributed by atoms with van der Waals surface area (Å²) in [6.45, 7) is 0.669. The Bertz CT molecular complexity index is 690. The number of halogens is 1. The van der Waals surface area contributed by atoms with Crippen LogP contribution < -0.4 is 5.32 Å². The van der Waals surface area contributed by atoms with E-state index in [1.165, 1.54) is 0 Å². The van der Waals surface area contributed by atoms with Crippen molar-refractivity contribution >= 4 is 27.6 Å². The first-order chi connectivity index (χ1) is 9.65. The van der Waals surface area contributed by atoms with E-state index in [1.54, 1.807) is 24.3 Å². The lowest BCUT2D eigenvalue weighted by Gasteiger charge is -2.06. The van der Waals surface area contributed by atoms with E-state index in [1.807, 2.05) is 6.07 Å². The number of furan rings is 1. The number of ketones is 1. The summed E-state index contributed by atoms with van der Waals surface area (Å²) >= 11 is 3.17. The zero-order chi connectivity index (χ0) is 14.1. The van der Waals surface area contributed by atoms with Crippen LogP contribution in [0.1, 0.15) is 38.5 Å². The van der Waals surface area contributed by atoms with Crippen LogP contribution in [0.25, 0.3) is 0 Å². The molecule has 20 heavy (non-hydrogen) atoms. The van der Waals surface area contributed by atoms with Crippen molar-refractivity contribution in [2.75, 3.05) is 6.54 Å². The molecule has 2 aromatic rings. The SMILES string of the molecule is O=C(c1ccc2c(c1)C(=O)NCCC2)c1ccc(Br)o1. The predicted molar refractivity (Wildman–Crippen MR) is 76.9 cm³/mol. The van der Waals surface area contributed by atoms with Crippen molar-refractivity contribution in [2.24, 2.45) is 0 Å². The van der Waals surface area contributed by atoms with E-state index in [0.29, 0.717) is 22.3 Å². The number of carbonyl (C=O) groups excluding carboxylic acids is 2. The van der Waals surface area contributed by atoms with E-state index in [0.717, 1.165) is 18.4 Å². The van der Waals surface area contributed by atoms with Crippen molar-refractivity contribution in [3.63, 3.8) is 0 Å². The largest absolute Gasteiger partial charge is 0.446 e. The molecule has 0 fully saturated rings. The fraction of sp³-hybridized carbons (Fsp3) is 0.200. The van der Waals surface area contributed by atoms with Gasteiger partial charge in [-0.1, -0.05) is 12.1 Å². The molecule has 1 aliphatic heterocycles. The Morgan fingerprint density at radius 3 is 2.85 bits per heavy atom. The van der Waals surface area contributed by atoms with Crippen LogP contribution in [0.4, 0.5) is 0 Å². The van der Waals surface area contributed by atoms with E-state index < -0.39 is 0 Å². The third kappa shape index (κ3) is 2.41. The normalized spacial score (nSPS) is 14.3. The monoisotopic (exact) mass is 333 g/mol. The molecule has 1 N–H and O–H groups in total. The Morgan fingerprint density at radius 2 is 2.10 bits per heavy atom. The van der Waals surface area contributed by atoms with Gasteiger partial charge in [0.2, 0.25) is 5.78 Å². The van der Waals surface area contributed by atoms with Crippen LogP contribution in [0.2, 0.25) is 0 Å². The van der Waals surface area contributed by atoms with Gasteiger partial charge in [-0.3, -0.25) is 9.59 Å². The maximum atomic E-state index is 12.3. The minimum Gasteiger partial charge on any atom is -0.446 e. The number of aryl methyl sites for hydroxylation is 1. The van der Waals surface area contributed by atoms with E-state index in [9.17, 15) is 9.59 Å². The second kappa shape index (κ2) is 5.25. The maximum absolute atomic E-state index is 12.3. The van der Waals surface area contributed by atoms with Gasteiger partial charge < -0.3 is 9.73 Å². The van der Waals surface area contributed by atoms with Crippen molar-refractivity contribution in [1.29, 1.82) is 0 Å². The van der Waals surface area contributed by atoms with Gasteiger partial charge in [0.25, 0.3) is 5.91 Å². The summed E-state index contributed by atoms with van der Waals surface area (Å²) in [7, 11) is 0. The van der Waals surface area contributed by atoms with Gasteiger partial charge in [0.05, 0.1) is 0 Å². The fourth-order valence-electron chi connectivity index (χ4n) is 2.30. The van der Waals surface area contributed by atoms with Crippen LogP contribution in [0, 0.1) is 0 Å². The predicted octanol–water partition coefficient (Wildman–Crippen LogP) is 2.95. The number of nitrogens with one attached hydrogen (secondary N) is 1. The molecular weight excluding hydrogens is 322 g/mol. The average molecular weight is 334 g/mol. The second-order valence-electron chi connectivity index (χ2n) is 4.66. The summed E-state index contributed by atoms with van der Waals surface area (Å²) in [6, 6.07) is 8.53. The van der Waals surface area contributed by atoms with Crippen LogP contribution >= 0.6 is 15.9 Å². The third-order valence-electron chi connectivity index (χ3n) is 3.32. The topological polar surface area (TPSA) is 59.3 Å². The zero-order valence-corrected chi connectivity index (χ0v) is 12.2. The van der Waals surface area contributed by atoms with Crippen molar-refractivity contribution in [3.8, 4) is 0 Å². The highest BCUT2D eigenvalue weighted by atomic mass is 79.9. The number of benzene rings is 1. The van der Waals surface area contributed by atoms with Crippen molar-refractivity contribution in [2.45, 2.75) is 12.8 Å². The van der Waals surface area contributed by atoms with Crippen LogP contribution in [0.3, 0.4) is 0 Å². The van der Waals surface area contributed by atoms with E-state index in [4.69, 9.17) is 4.42 Å². The second-order valence-corrected chi connectivity index (χ2v) is 5.45. The number of hydrogen-bond acceptors (Lipinski definition) is 3. The van der Waals surface area contributed by atoms with Gasteiger partial charge in [0, 0.05) is 17.7 Å². The van der Waals surface area contributed by atoms with E-state index in [-0.39, 0.29) is 17.5 Å². The average Bonchev–Trinajstić information content (AvgIpc) is 2.80. The highest BCUT2D eigenvalue weighted by Gasteiger charge is 2.19. The van der Waals surface area contributed by atoms with Gasteiger partial charge >= 0.3 is 0 Å². The lowest BCUT2D eigenvalue weighted by molar-refractivity contribution is 0.0956. The highest BCUT2D eigenvalue weighted by molar-refractivity contribution is 9.10. The summed E-state index contributed by atoms with van der Waals surface area (Å²) < 4.78 is 5.77. The van der Waals surface area contributed by atoms with Gasteiger partial charge in [-0.15, -0.1) is 0 Å². The molecule has 1 aliphatic rings. The molecule has 0 atom stereocenters. The number of fused-ring (bicyclic) bond motifs is 1. The van der Waals surface area contributed by atoms with Crippen LogP contribution in [0.15, 0.2) is 39.4 Å². The Hall–Kier alpha value is -1.88. The molecule has 102 valence electrons. The molecule has 0 radical (unpaired) electrons. The Labute approximate surface area is 124 Å². The summed E-state index contributed by atoms with van der Waals surface area (Å²) in [4.78, 5) is 24.3. The fourth-order valence-corrected chi connectivity index (χ4v) is 2.61. The molecule has 5 heteroatoms. The summed E-state index contributed by atoms with van der Waals surface area (Å²) in [6.07, 6.45) is 1.76. The Morgan fingerprint density at radius 1 is 1.25 bits per heavy atom. The third-order valence-corrected chi connectivity index (χ3v) is 3.75. The van der Waals surface area contributed by atoms with E-state index >= 15 is 0 Å². The van der Waals surface area contributed by atoms with Gasteiger partial charge in [0.1, 0.15) is 0 Å². The molecule has 0 unspecified atom stereocenters. The molecule has 1 aromatic heterocycles. The van der Waals surface area contributed by atoms with Gasteiger partial charge in [-0.05, 0) is 52.5 Å². The van der Waals surface area contributed by atoms with Crippen LogP contribution in [0.5, 0.6) is 0 Å². The zero-order valence-electron chi connectivity index (χ0n) is 10.6. The minimum atomic E-state index is -0.226. The standard InChI is InChI=1S/C15H12BrNO3/c16-13-6-5-12(20-13)14(18)10-4-3-9-2-1-7-17-15(19)11(9)8-10/h3-6,8H,1-2,7H2,(H,17,19). The number of hydrogen-bond donors (Lipinski definition) is 1. The molecule has 2 heterocycles. The number of rotatable bonds is 2. The molecule has 0 bridgehead atoms. The summed E-state index contributed by atoms with van der Waals surface area (Å²) in [5.74, 6) is -0.0887.